The summed E-state index contributed by atoms with van der Waals surface area (Å²) in [6.07, 6.45) is 0. The topological polar surface area (TPSA) is 47.0 Å². The highest BCUT2D eigenvalue weighted by Gasteiger charge is 2.13. The zero-order chi connectivity index (χ0) is 9.35. The van der Waals surface area contributed by atoms with Crippen LogP contribution in [0.4, 0.5) is 3.89 Å². The molecule has 0 aliphatic carbocycles. The third kappa shape index (κ3) is 1.79. The van der Waals surface area contributed by atoms with Crippen LogP contribution in [0.3, 0.4) is 0 Å². The van der Waals surface area contributed by atoms with Crippen LogP contribution in [0, 0.1) is 13.8 Å². The fraction of sp³-hybridized carbons (Fsp3) is 0.286. The predicted octanol–water partition coefficient (Wildman–Crippen LogP) is 1.36. The molecule has 1 rings (SSSR count). The van der Waals surface area contributed by atoms with Crippen molar-refractivity contribution in [3.05, 3.63) is 23.4 Å². The highest BCUT2D eigenvalue weighted by atomic mass is 32.3. The SMILES string of the molecule is Cc1ccc(S(=O)(=O)F)nc1C. The van der Waals surface area contributed by atoms with E-state index in [2.05, 4.69) is 4.98 Å². The Balaban J connectivity index is 3.33. The van der Waals surface area contributed by atoms with E-state index < -0.39 is 15.2 Å². The van der Waals surface area contributed by atoms with Gasteiger partial charge in [-0.05, 0) is 25.5 Å². The summed E-state index contributed by atoms with van der Waals surface area (Å²) < 4.78 is 33.1. The lowest BCUT2D eigenvalue weighted by Gasteiger charge is -1.99. The number of nitrogens with zero attached hydrogens (tertiary/aromatic N) is 1. The fourth-order valence-corrected chi connectivity index (χ4v) is 1.22. The van der Waals surface area contributed by atoms with Crippen molar-refractivity contribution in [3.8, 4) is 0 Å². The summed E-state index contributed by atoms with van der Waals surface area (Å²) in [4.78, 5) is 3.58. The van der Waals surface area contributed by atoms with Gasteiger partial charge in [-0.15, -0.1) is 0 Å². The summed E-state index contributed by atoms with van der Waals surface area (Å²) in [5, 5.41) is -0.523. The standard InChI is InChI=1S/C7H8FNO2S/c1-5-3-4-7(9-6(5)2)12(8,10)11/h3-4H,1-2H3. The average Bonchev–Trinajstić information content (AvgIpc) is 1.92. The Labute approximate surface area is 70.5 Å². The summed E-state index contributed by atoms with van der Waals surface area (Å²) in [5.74, 6) is 0. The molecule has 0 aliphatic rings. The number of aromatic nitrogens is 1. The molecule has 0 saturated carbocycles. The van der Waals surface area contributed by atoms with Crippen LogP contribution in [0.5, 0.6) is 0 Å². The number of rotatable bonds is 1. The van der Waals surface area contributed by atoms with Crippen LogP contribution < -0.4 is 0 Å². The molecule has 0 spiro atoms. The van der Waals surface area contributed by atoms with Crippen LogP contribution in [0.2, 0.25) is 0 Å². The first kappa shape index (κ1) is 9.12. The molecule has 66 valence electrons. The van der Waals surface area contributed by atoms with Crippen LogP contribution in [0.25, 0.3) is 0 Å². The fourth-order valence-electron chi connectivity index (χ4n) is 0.743. The van der Waals surface area contributed by atoms with Gasteiger partial charge in [0.15, 0.2) is 5.03 Å². The van der Waals surface area contributed by atoms with E-state index in [-0.39, 0.29) is 0 Å². The molecule has 0 unspecified atom stereocenters. The van der Waals surface area contributed by atoms with Crippen LogP contribution in [0.1, 0.15) is 11.3 Å². The van der Waals surface area contributed by atoms with E-state index in [0.29, 0.717) is 5.69 Å². The maximum atomic E-state index is 12.3. The second-order valence-electron chi connectivity index (χ2n) is 2.49. The minimum atomic E-state index is -4.65. The average molecular weight is 189 g/mol. The predicted molar refractivity (Wildman–Crippen MR) is 42.0 cm³/mol. The molecule has 1 aromatic rings. The van der Waals surface area contributed by atoms with Crippen molar-refractivity contribution in [2.75, 3.05) is 0 Å². The van der Waals surface area contributed by atoms with E-state index in [1.54, 1.807) is 13.8 Å². The molecule has 0 aromatic carbocycles. The smallest absolute Gasteiger partial charge is 0.239 e. The number of aryl methyl sites for hydroxylation is 2. The zero-order valence-corrected chi connectivity index (χ0v) is 7.52. The van der Waals surface area contributed by atoms with Gasteiger partial charge in [-0.1, -0.05) is 9.95 Å². The van der Waals surface area contributed by atoms with Gasteiger partial charge < -0.3 is 0 Å². The van der Waals surface area contributed by atoms with Crippen molar-refractivity contribution < 1.29 is 12.3 Å². The minimum Gasteiger partial charge on any atom is -0.239 e. The van der Waals surface area contributed by atoms with Gasteiger partial charge >= 0.3 is 10.2 Å². The Morgan fingerprint density at radius 2 is 1.92 bits per heavy atom. The van der Waals surface area contributed by atoms with Gasteiger partial charge in [0.05, 0.1) is 0 Å². The molecule has 5 heteroatoms. The molecule has 0 saturated heterocycles. The first-order valence-electron chi connectivity index (χ1n) is 3.30. The van der Waals surface area contributed by atoms with E-state index >= 15 is 0 Å². The van der Waals surface area contributed by atoms with E-state index in [1.165, 1.54) is 6.07 Å². The summed E-state index contributed by atoms with van der Waals surface area (Å²) in [5.41, 5.74) is 1.36. The second-order valence-corrected chi connectivity index (χ2v) is 3.78. The first-order chi connectivity index (χ1) is 5.41. The van der Waals surface area contributed by atoms with E-state index in [9.17, 15) is 12.3 Å². The largest absolute Gasteiger partial charge is 0.349 e. The highest BCUT2D eigenvalue weighted by Crippen LogP contribution is 2.11. The third-order valence-corrected chi connectivity index (χ3v) is 2.30. The molecule has 3 nitrogen and oxygen atoms in total. The molecular formula is C7H8FNO2S. The van der Waals surface area contributed by atoms with Crippen LogP contribution in [0.15, 0.2) is 17.2 Å². The van der Waals surface area contributed by atoms with Gasteiger partial charge in [0.1, 0.15) is 0 Å². The Kier molecular flexibility index (Phi) is 2.14. The molecule has 0 radical (unpaired) electrons. The summed E-state index contributed by atoms with van der Waals surface area (Å²) in [7, 11) is -4.65. The molecule has 0 amide bonds. The van der Waals surface area contributed by atoms with Gasteiger partial charge in [-0.25, -0.2) is 4.98 Å². The van der Waals surface area contributed by atoms with Gasteiger partial charge in [0.25, 0.3) is 0 Å². The normalized spacial score (nSPS) is 11.6. The van der Waals surface area contributed by atoms with Gasteiger partial charge in [0, 0.05) is 5.69 Å². The molecule has 1 aromatic heterocycles. The van der Waals surface area contributed by atoms with E-state index in [4.69, 9.17) is 0 Å². The van der Waals surface area contributed by atoms with Crippen molar-refractivity contribution in [2.24, 2.45) is 0 Å². The number of pyridine rings is 1. The number of hydrogen-bond donors (Lipinski definition) is 0. The molecule has 0 bridgehead atoms. The molecule has 0 aliphatic heterocycles. The van der Waals surface area contributed by atoms with Gasteiger partial charge in [0.2, 0.25) is 0 Å². The van der Waals surface area contributed by atoms with E-state index in [0.717, 1.165) is 11.6 Å². The van der Waals surface area contributed by atoms with Crippen LogP contribution >= 0.6 is 0 Å². The second kappa shape index (κ2) is 2.82. The summed E-state index contributed by atoms with van der Waals surface area (Å²) in [6, 6.07) is 2.67. The lowest BCUT2D eigenvalue weighted by Crippen LogP contribution is -1.98. The van der Waals surface area contributed by atoms with Crippen molar-refractivity contribution >= 4 is 10.2 Å². The Morgan fingerprint density at radius 3 is 2.33 bits per heavy atom. The zero-order valence-electron chi connectivity index (χ0n) is 6.70. The maximum absolute atomic E-state index is 12.3. The Morgan fingerprint density at radius 1 is 1.33 bits per heavy atom. The van der Waals surface area contributed by atoms with Crippen molar-refractivity contribution in [1.29, 1.82) is 0 Å². The first-order valence-corrected chi connectivity index (χ1v) is 4.68. The highest BCUT2D eigenvalue weighted by molar-refractivity contribution is 7.86. The molecule has 0 N–H and O–H groups in total. The van der Waals surface area contributed by atoms with E-state index in [1.807, 2.05) is 0 Å². The Bertz CT molecular complexity index is 400. The summed E-state index contributed by atoms with van der Waals surface area (Å²) >= 11 is 0. The molecule has 0 fully saturated rings. The van der Waals surface area contributed by atoms with Crippen molar-refractivity contribution in [2.45, 2.75) is 18.9 Å². The minimum absolute atomic E-state index is 0.522. The van der Waals surface area contributed by atoms with Gasteiger partial charge in [-0.3, -0.25) is 0 Å². The molecule has 12 heavy (non-hydrogen) atoms. The Hall–Kier alpha value is -0.970. The lowest BCUT2D eigenvalue weighted by atomic mass is 10.2. The monoisotopic (exact) mass is 189 g/mol. The van der Waals surface area contributed by atoms with Crippen LogP contribution in [-0.2, 0) is 10.2 Å². The lowest BCUT2D eigenvalue weighted by molar-refractivity contribution is 0.547. The molecule has 1 heterocycles. The van der Waals surface area contributed by atoms with Gasteiger partial charge in [-0.2, -0.15) is 8.42 Å². The maximum Gasteiger partial charge on any atom is 0.349 e. The number of halogens is 1. The van der Waals surface area contributed by atoms with Crippen molar-refractivity contribution in [3.63, 3.8) is 0 Å². The van der Waals surface area contributed by atoms with Crippen LogP contribution in [-0.4, -0.2) is 13.4 Å². The van der Waals surface area contributed by atoms with Crippen molar-refractivity contribution in [1.82, 2.24) is 4.98 Å². The number of hydrogen-bond acceptors (Lipinski definition) is 3. The molecular weight excluding hydrogens is 181 g/mol. The quantitative estimate of drug-likeness (QED) is 0.626. The molecule has 0 atom stereocenters. The third-order valence-electron chi connectivity index (χ3n) is 1.57. The summed E-state index contributed by atoms with van der Waals surface area (Å²) in [6.45, 7) is 3.40.